The highest BCUT2D eigenvalue weighted by Crippen LogP contribution is 2.30. The Bertz CT molecular complexity index is 907. The van der Waals surface area contributed by atoms with Crippen LogP contribution in [-0.4, -0.2) is 5.91 Å². The molecule has 3 aromatic carbocycles. The number of anilines is 1. The summed E-state index contributed by atoms with van der Waals surface area (Å²) in [7, 11) is 0. The second kappa shape index (κ2) is 7.95. The van der Waals surface area contributed by atoms with Gasteiger partial charge in [-0.3, -0.25) is 4.79 Å². The Labute approximate surface area is 154 Å². The molecule has 0 bridgehead atoms. The number of hydrogen-bond acceptors (Lipinski definition) is 2. The summed E-state index contributed by atoms with van der Waals surface area (Å²) in [4.78, 5) is 12.2. The van der Waals surface area contributed by atoms with Crippen LogP contribution in [0.3, 0.4) is 0 Å². The van der Waals surface area contributed by atoms with E-state index in [1.54, 1.807) is 24.3 Å². The lowest BCUT2D eigenvalue weighted by molar-refractivity contribution is -0.137. The third-order valence-electron chi connectivity index (χ3n) is 3.81. The van der Waals surface area contributed by atoms with Gasteiger partial charge in [0.15, 0.2) is 0 Å². The Hall–Kier alpha value is -3.28. The Morgan fingerprint density at radius 1 is 0.889 bits per heavy atom. The molecule has 1 amide bonds. The molecular weight excluding hydrogens is 355 g/mol. The van der Waals surface area contributed by atoms with E-state index in [9.17, 15) is 18.0 Å². The highest BCUT2D eigenvalue weighted by molar-refractivity contribution is 6.04. The summed E-state index contributed by atoms with van der Waals surface area (Å²) in [5.41, 5.74) is 0.604. The Morgan fingerprint density at radius 3 is 2.26 bits per heavy atom. The van der Waals surface area contributed by atoms with Gasteiger partial charge in [0, 0.05) is 11.3 Å². The molecule has 0 aliphatic heterocycles. The van der Waals surface area contributed by atoms with Gasteiger partial charge < -0.3 is 10.1 Å². The average Bonchev–Trinajstić information content (AvgIpc) is 2.67. The Morgan fingerprint density at radius 2 is 1.59 bits per heavy atom. The van der Waals surface area contributed by atoms with E-state index in [1.165, 1.54) is 12.1 Å². The molecule has 0 unspecified atom stereocenters. The number of halogens is 3. The van der Waals surface area contributed by atoms with E-state index in [0.717, 1.165) is 17.7 Å². The topological polar surface area (TPSA) is 38.3 Å². The van der Waals surface area contributed by atoms with Crippen molar-refractivity contribution in [2.75, 3.05) is 5.32 Å². The van der Waals surface area contributed by atoms with Crippen molar-refractivity contribution in [3.63, 3.8) is 0 Å². The lowest BCUT2D eigenvalue weighted by atomic mass is 10.1. The highest BCUT2D eigenvalue weighted by Gasteiger charge is 2.30. The largest absolute Gasteiger partial charge is 0.489 e. The lowest BCUT2D eigenvalue weighted by Gasteiger charge is -2.10. The number of carbonyl (C=O) groups is 1. The van der Waals surface area contributed by atoms with Crippen molar-refractivity contribution in [3.05, 3.63) is 95.6 Å². The van der Waals surface area contributed by atoms with Crippen LogP contribution in [0.2, 0.25) is 0 Å². The third kappa shape index (κ3) is 5.10. The molecular formula is C21H16F3NO2. The van der Waals surface area contributed by atoms with Gasteiger partial charge in [-0.15, -0.1) is 0 Å². The van der Waals surface area contributed by atoms with Gasteiger partial charge in [0.25, 0.3) is 5.91 Å². The summed E-state index contributed by atoms with van der Waals surface area (Å²) in [6, 6.07) is 20.5. The fraction of sp³-hybridized carbons (Fsp3) is 0.0952. The molecule has 6 heteroatoms. The minimum absolute atomic E-state index is 0.0826. The van der Waals surface area contributed by atoms with E-state index in [2.05, 4.69) is 5.32 Å². The molecule has 3 rings (SSSR count). The first-order valence-corrected chi connectivity index (χ1v) is 8.17. The first-order chi connectivity index (χ1) is 12.9. The normalized spacial score (nSPS) is 11.1. The maximum atomic E-state index is 12.7. The Balaban J connectivity index is 1.62. The van der Waals surface area contributed by atoms with Gasteiger partial charge in [-0.05, 0) is 48.0 Å². The zero-order valence-electron chi connectivity index (χ0n) is 14.2. The number of carbonyl (C=O) groups excluding carboxylic acids is 1. The predicted molar refractivity (Wildman–Crippen MR) is 96.6 cm³/mol. The SMILES string of the molecule is O=C(Nc1cccc(C(F)(F)F)c1)c1ccc(OCc2ccccc2)cc1. The van der Waals surface area contributed by atoms with Crippen molar-refractivity contribution in [1.82, 2.24) is 0 Å². The molecule has 0 radical (unpaired) electrons. The molecule has 0 aliphatic carbocycles. The number of ether oxygens (including phenoxy) is 1. The summed E-state index contributed by atoms with van der Waals surface area (Å²) < 4.78 is 43.9. The smallest absolute Gasteiger partial charge is 0.416 e. The van der Waals surface area contributed by atoms with Crippen LogP contribution in [-0.2, 0) is 12.8 Å². The van der Waals surface area contributed by atoms with Gasteiger partial charge in [-0.2, -0.15) is 13.2 Å². The quantitative estimate of drug-likeness (QED) is 0.640. The minimum Gasteiger partial charge on any atom is -0.489 e. The van der Waals surface area contributed by atoms with Gasteiger partial charge >= 0.3 is 6.18 Å². The monoisotopic (exact) mass is 371 g/mol. The molecule has 0 saturated heterocycles. The Kier molecular flexibility index (Phi) is 5.45. The van der Waals surface area contributed by atoms with Crippen LogP contribution in [0.15, 0.2) is 78.9 Å². The highest BCUT2D eigenvalue weighted by atomic mass is 19.4. The second-order valence-electron chi connectivity index (χ2n) is 5.83. The van der Waals surface area contributed by atoms with E-state index in [4.69, 9.17) is 4.74 Å². The fourth-order valence-corrected chi connectivity index (χ4v) is 2.42. The molecule has 0 aromatic heterocycles. The van der Waals surface area contributed by atoms with Gasteiger partial charge in [0.1, 0.15) is 12.4 Å². The molecule has 27 heavy (non-hydrogen) atoms. The molecule has 0 atom stereocenters. The summed E-state index contributed by atoms with van der Waals surface area (Å²) in [6.45, 7) is 0.399. The van der Waals surface area contributed by atoms with E-state index in [0.29, 0.717) is 17.9 Å². The molecule has 3 nitrogen and oxygen atoms in total. The minimum atomic E-state index is -4.46. The maximum absolute atomic E-state index is 12.7. The molecule has 0 spiro atoms. The molecule has 3 aromatic rings. The van der Waals surface area contributed by atoms with Crippen molar-refractivity contribution >= 4 is 11.6 Å². The van der Waals surface area contributed by atoms with Crippen molar-refractivity contribution in [1.29, 1.82) is 0 Å². The van der Waals surface area contributed by atoms with E-state index in [1.807, 2.05) is 30.3 Å². The van der Waals surface area contributed by atoms with E-state index >= 15 is 0 Å². The van der Waals surface area contributed by atoms with Crippen LogP contribution >= 0.6 is 0 Å². The number of nitrogens with one attached hydrogen (secondary N) is 1. The molecule has 138 valence electrons. The fourth-order valence-electron chi connectivity index (χ4n) is 2.42. The zero-order valence-corrected chi connectivity index (χ0v) is 14.2. The predicted octanol–water partition coefficient (Wildman–Crippen LogP) is 5.54. The number of alkyl halides is 3. The molecule has 0 fully saturated rings. The maximum Gasteiger partial charge on any atom is 0.416 e. The average molecular weight is 371 g/mol. The van der Waals surface area contributed by atoms with Gasteiger partial charge in [0.05, 0.1) is 5.56 Å². The number of hydrogen-bond donors (Lipinski definition) is 1. The first-order valence-electron chi connectivity index (χ1n) is 8.17. The van der Waals surface area contributed by atoms with Crippen LogP contribution < -0.4 is 10.1 Å². The lowest BCUT2D eigenvalue weighted by Crippen LogP contribution is -2.13. The molecule has 0 saturated carbocycles. The summed E-state index contributed by atoms with van der Waals surface area (Å²) in [5.74, 6) is 0.0957. The summed E-state index contributed by atoms with van der Waals surface area (Å²) in [6.07, 6.45) is -4.46. The van der Waals surface area contributed by atoms with Gasteiger partial charge in [-0.25, -0.2) is 0 Å². The zero-order chi connectivity index (χ0) is 19.3. The van der Waals surface area contributed by atoms with Crippen LogP contribution in [0, 0.1) is 0 Å². The number of rotatable bonds is 5. The third-order valence-corrected chi connectivity index (χ3v) is 3.81. The van der Waals surface area contributed by atoms with Crippen molar-refractivity contribution in [2.24, 2.45) is 0 Å². The van der Waals surface area contributed by atoms with Crippen LogP contribution in [0.5, 0.6) is 5.75 Å². The van der Waals surface area contributed by atoms with Crippen molar-refractivity contribution < 1.29 is 22.7 Å². The van der Waals surface area contributed by atoms with Gasteiger partial charge in [-0.1, -0.05) is 36.4 Å². The second-order valence-corrected chi connectivity index (χ2v) is 5.83. The van der Waals surface area contributed by atoms with Crippen molar-refractivity contribution in [3.8, 4) is 5.75 Å². The van der Waals surface area contributed by atoms with Crippen LogP contribution in [0.1, 0.15) is 21.5 Å². The van der Waals surface area contributed by atoms with Crippen molar-refractivity contribution in [2.45, 2.75) is 12.8 Å². The van der Waals surface area contributed by atoms with E-state index < -0.39 is 17.6 Å². The summed E-state index contributed by atoms with van der Waals surface area (Å²) >= 11 is 0. The first kappa shape index (κ1) is 18.5. The standard InChI is InChI=1S/C21H16F3NO2/c22-21(23,24)17-7-4-8-18(13-17)25-20(26)16-9-11-19(12-10-16)27-14-15-5-2-1-3-6-15/h1-13H,14H2,(H,25,26). The molecule has 0 heterocycles. The van der Waals surface area contributed by atoms with Crippen LogP contribution in [0.25, 0.3) is 0 Å². The van der Waals surface area contributed by atoms with Crippen LogP contribution in [0.4, 0.5) is 18.9 Å². The molecule has 0 aliphatic rings. The number of amides is 1. The molecule has 1 N–H and O–H groups in total. The number of benzene rings is 3. The van der Waals surface area contributed by atoms with Gasteiger partial charge in [0.2, 0.25) is 0 Å². The summed E-state index contributed by atoms with van der Waals surface area (Å²) in [5, 5.41) is 2.47. The van der Waals surface area contributed by atoms with E-state index in [-0.39, 0.29) is 5.69 Å².